The highest BCUT2D eigenvalue weighted by molar-refractivity contribution is 6.13. The predicted octanol–water partition coefficient (Wildman–Crippen LogP) is 11.5. The van der Waals surface area contributed by atoms with Crippen LogP contribution in [0.5, 0.6) is 0 Å². The average molecular weight is 636 g/mol. The van der Waals surface area contributed by atoms with Gasteiger partial charge in [-0.3, -0.25) is 0 Å². The van der Waals surface area contributed by atoms with Gasteiger partial charge in [-0.15, -0.1) is 0 Å². The van der Waals surface area contributed by atoms with E-state index in [0.29, 0.717) is 16.8 Å². The van der Waals surface area contributed by atoms with Crippen molar-refractivity contribution in [2.75, 3.05) is 0 Å². The molecule has 0 fully saturated rings. The molecule has 0 aliphatic heterocycles. The zero-order valence-corrected chi connectivity index (χ0v) is 26.7. The molecule has 50 heavy (non-hydrogen) atoms. The van der Waals surface area contributed by atoms with Gasteiger partial charge in [-0.2, -0.15) is 10.5 Å². The Labute approximate surface area is 288 Å². The van der Waals surface area contributed by atoms with Crippen LogP contribution in [0.15, 0.2) is 152 Å². The van der Waals surface area contributed by atoms with Gasteiger partial charge in [0.25, 0.3) is 0 Å². The van der Waals surface area contributed by atoms with E-state index in [9.17, 15) is 10.5 Å². The van der Waals surface area contributed by atoms with Crippen LogP contribution in [0, 0.1) is 29.2 Å². The van der Waals surface area contributed by atoms with Crippen LogP contribution in [-0.2, 0) is 0 Å². The molecule has 0 radical (unpaired) electrons. The lowest BCUT2D eigenvalue weighted by Crippen LogP contribution is -1.99. The Morgan fingerprint density at radius 3 is 1.92 bits per heavy atom. The zero-order chi connectivity index (χ0) is 33.8. The van der Waals surface area contributed by atoms with Gasteiger partial charge in [-0.05, 0) is 82.7 Å². The first-order chi connectivity index (χ1) is 24.7. The third-order valence-electron chi connectivity index (χ3n) is 9.59. The molecule has 7 aromatic carbocycles. The Morgan fingerprint density at radius 2 is 1.12 bits per heavy atom. The summed E-state index contributed by atoms with van der Waals surface area (Å²) in [6.45, 7) is 7.97. The highest BCUT2D eigenvalue weighted by Crippen LogP contribution is 2.42. The fourth-order valence-corrected chi connectivity index (χ4v) is 7.46. The maximum absolute atomic E-state index is 10.0. The van der Waals surface area contributed by atoms with E-state index in [4.69, 9.17) is 6.57 Å². The average Bonchev–Trinajstić information content (AvgIpc) is 3.70. The minimum atomic E-state index is 0.569. The van der Waals surface area contributed by atoms with E-state index < -0.39 is 0 Å². The third-order valence-corrected chi connectivity index (χ3v) is 9.59. The smallest absolute Gasteiger partial charge is 0.211 e. The summed E-state index contributed by atoms with van der Waals surface area (Å²) in [5, 5.41) is 24.0. The molecule has 230 valence electrons. The lowest BCUT2D eigenvalue weighted by atomic mass is 9.91. The second-order valence-corrected chi connectivity index (χ2v) is 12.3. The van der Waals surface area contributed by atoms with Gasteiger partial charge in [0, 0.05) is 27.4 Å². The van der Waals surface area contributed by atoms with Crippen molar-refractivity contribution in [1.29, 1.82) is 10.5 Å². The molecule has 0 saturated carbocycles. The molecule has 0 unspecified atom stereocenters. The molecule has 0 saturated heterocycles. The maximum Gasteiger partial charge on any atom is 0.211 e. The first-order valence-corrected chi connectivity index (χ1v) is 16.3. The molecule has 0 N–H and O–H groups in total. The molecular formula is C45H25N5. The van der Waals surface area contributed by atoms with Crippen molar-refractivity contribution in [1.82, 2.24) is 9.13 Å². The van der Waals surface area contributed by atoms with Gasteiger partial charge in [0.15, 0.2) is 0 Å². The fraction of sp³-hybridized carbons (Fsp3) is 0. The van der Waals surface area contributed by atoms with Gasteiger partial charge >= 0.3 is 0 Å². The van der Waals surface area contributed by atoms with Gasteiger partial charge in [0.2, 0.25) is 5.69 Å². The van der Waals surface area contributed by atoms with Gasteiger partial charge in [0.1, 0.15) is 0 Å². The Hall–Kier alpha value is -7.39. The summed E-state index contributed by atoms with van der Waals surface area (Å²) in [4.78, 5) is 3.90. The molecule has 2 aromatic heterocycles. The van der Waals surface area contributed by atoms with Crippen molar-refractivity contribution in [3.63, 3.8) is 0 Å². The zero-order valence-electron chi connectivity index (χ0n) is 26.7. The number of aromatic nitrogens is 2. The lowest BCUT2D eigenvalue weighted by Gasteiger charge is -2.18. The van der Waals surface area contributed by atoms with Gasteiger partial charge < -0.3 is 9.13 Å². The number of nitriles is 2. The molecule has 9 rings (SSSR count). The number of para-hydroxylation sites is 4. The van der Waals surface area contributed by atoms with Crippen LogP contribution < -0.4 is 0 Å². The number of nitrogens with zero attached hydrogens (tertiary/aromatic N) is 5. The van der Waals surface area contributed by atoms with Crippen molar-refractivity contribution in [3.05, 3.63) is 174 Å². The topological polar surface area (TPSA) is 61.8 Å². The Balaban J connectivity index is 1.30. The van der Waals surface area contributed by atoms with Crippen LogP contribution in [0.25, 0.3) is 82.1 Å². The van der Waals surface area contributed by atoms with E-state index >= 15 is 0 Å². The Kier molecular flexibility index (Phi) is 6.56. The largest absolute Gasteiger partial charge is 0.319 e. The standard InChI is InChI=1S/C45H25N5/c1-48-40-16-9-15-37-35-13-3-5-17-41(35)49(45(37)40)32-11-8-10-31(26-32)38-24-29(27-46)20-22-33(38)34-12-2-6-18-42(34)50-43-19-7-4-14-36(43)39-25-30(28-47)21-23-44(39)50/h2-26H. The van der Waals surface area contributed by atoms with E-state index in [1.54, 1.807) is 0 Å². The third kappa shape index (κ3) is 4.31. The molecule has 5 heteroatoms. The number of hydrogen-bond donors (Lipinski definition) is 0. The van der Waals surface area contributed by atoms with E-state index in [2.05, 4.69) is 86.8 Å². The minimum Gasteiger partial charge on any atom is -0.319 e. The molecule has 0 amide bonds. The molecule has 0 aliphatic rings. The molecule has 0 atom stereocenters. The highest BCUT2D eigenvalue weighted by atomic mass is 15.0. The van der Waals surface area contributed by atoms with Crippen molar-refractivity contribution >= 4 is 49.3 Å². The van der Waals surface area contributed by atoms with Crippen LogP contribution in [0.2, 0.25) is 0 Å². The summed E-state index contributed by atoms with van der Waals surface area (Å²) in [6, 6.07) is 55.5. The van der Waals surface area contributed by atoms with Crippen molar-refractivity contribution in [2.24, 2.45) is 0 Å². The van der Waals surface area contributed by atoms with Gasteiger partial charge in [0.05, 0.1) is 57.6 Å². The monoisotopic (exact) mass is 635 g/mol. The molecule has 0 bridgehead atoms. The number of benzene rings is 7. The van der Waals surface area contributed by atoms with Crippen molar-refractivity contribution in [3.8, 4) is 45.8 Å². The van der Waals surface area contributed by atoms with Crippen LogP contribution in [0.3, 0.4) is 0 Å². The minimum absolute atomic E-state index is 0.569. The molecule has 0 spiro atoms. The predicted molar refractivity (Wildman–Crippen MR) is 202 cm³/mol. The van der Waals surface area contributed by atoms with E-state index in [1.165, 1.54) is 0 Å². The van der Waals surface area contributed by atoms with Crippen LogP contribution in [0.1, 0.15) is 11.1 Å². The lowest BCUT2D eigenvalue weighted by molar-refractivity contribution is 1.18. The van der Waals surface area contributed by atoms with E-state index in [-0.39, 0.29) is 0 Å². The number of hydrogen-bond acceptors (Lipinski definition) is 2. The van der Waals surface area contributed by atoms with Crippen molar-refractivity contribution in [2.45, 2.75) is 0 Å². The highest BCUT2D eigenvalue weighted by Gasteiger charge is 2.20. The fourth-order valence-electron chi connectivity index (χ4n) is 7.46. The summed E-state index contributed by atoms with van der Waals surface area (Å²) in [5.41, 5.74) is 11.6. The Morgan fingerprint density at radius 1 is 0.480 bits per heavy atom. The molecular weight excluding hydrogens is 611 g/mol. The number of rotatable bonds is 4. The second-order valence-electron chi connectivity index (χ2n) is 12.3. The SMILES string of the molecule is [C-]#[N+]c1cccc2c3ccccc3n(-c3cccc(-c4cc(C#N)ccc4-c4ccccc4-n4c5ccccc5c5cc(C#N)ccc54)c3)c12. The van der Waals surface area contributed by atoms with Crippen LogP contribution in [-0.4, -0.2) is 9.13 Å². The molecule has 9 aromatic rings. The van der Waals surface area contributed by atoms with Gasteiger partial charge in [-0.25, -0.2) is 4.85 Å². The first kappa shape index (κ1) is 28.8. The summed E-state index contributed by atoms with van der Waals surface area (Å²) >= 11 is 0. The van der Waals surface area contributed by atoms with Crippen LogP contribution in [0.4, 0.5) is 5.69 Å². The normalized spacial score (nSPS) is 11.1. The van der Waals surface area contributed by atoms with Gasteiger partial charge in [-0.1, -0.05) is 91.0 Å². The Bertz CT molecular complexity index is 2970. The summed E-state index contributed by atoms with van der Waals surface area (Å²) in [6.07, 6.45) is 0. The summed E-state index contributed by atoms with van der Waals surface area (Å²) < 4.78 is 4.44. The van der Waals surface area contributed by atoms with E-state index in [0.717, 1.165) is 77.2 Å². The summed E-state index contributed by atoms with van der Waals surface area (Å²) in [5.74, 6) is 0. The van der Waals surface area contributed by atoms with Crippen molar-refractivity contribution < 1.29 is 0 Å². The number of fused-ring (bicyclic) bond motifs is 6. The molecule has 5 nitrogen and oxygen atoms in total. The maximum atomic E-state index is 10.0. The van der Waals surface area contributed by atoms with E-state index in [1.807, 2.05) is 91.0 Å². The first-order valence-electron chi connectivity index (χ1n) is 16.3. The summed E-state index contributed by atoms with van der Waals surface area (Å²) in [7, 11) is 0. The molecule has 0 aliphatic carbocycles. The quantitative estimate of drug-likeness (QED) is 0.181. The van der Waals surface area contributed by atoms with Crippen LogP contribution >= 0.6 is 0 Å². The molecule has 2 heterocycles. The second kappa shape index (κ2) is 11.4.